The van der Waals surface area contributed by atoms with Gasteiger partial charge in [-0.1, -0.05) is 23.8 Å². The lowest BCUT2D eigenvalue weighted by Gasteiger charge is -2.29. The van der Waals surface area contributed by atoms with Gasteiger partial charge in [0, 0.05) is 5.56 Å². The molecule has 0 unspecified atom stereocenters. The number of hydrogen-bond acceptors (Lipinski definition) is 6. The van der Waals surface area contributed by atoms with Crippen LogP contribution in [-0.2, 0) is 14.3 Å². The highest BCUT2D eigenvalue weighted by atomic mass is 32.2. The van der Waals surface area contributed by atoms with Gasteiger partial charge >= 0.3 is 0 Å². The predicted molar refractivity (Wildman–Crippen MR) is 91.8 cm³/mol. The summed E-state index contributed by atoms with van der Waals surface area (Å²) in [5.41, 5.74) is 1.41. The summed E-state index contributed by atoms with van der Waals surface area (Å²) in [7, 11) is -2.72. The van der Waals surface area contributed by atoms with Crippen molar-refractivity contribution in [1.29, 1.82) is 0 Å². The average molecular weight is 364 g/mol. The van der Waals surface area contributed by atoms with E-state index in [1.807, 2.05) is 19.9 Å². The van der Waals surface area contributed by atoms with E-state index in [4.69, 9.17) is 14.2 Å². The molecule has 0 radical (unpaired) electrons. The SMILES string of the molecule is CCOc1cccc2c1O[C@H](c1cc(C)ccc1S(=O)(=O)OC)CO2. The maximum absolute atomic E-state index is 12.2. The Morgan fingerprint density at radius 1 is 1.24 bits per heavy atom. The molecule has 2 aromatic rings. The van der Waals surface area contributed by atoms with E-state index in [1.54, 1.807) is 24.3 Å². The largest absolute Gasteiger partial charge is 0.490 e. The highest BCUT2D eigenvalue weighted by Gasteiger charge is 2.30. The Bertz CT molecular complexity index is 875. The minimum atomic E-state index is -3.86. The summed E-state index contributed by atoms with van der Waals surface area (Å²) in [5.74, 6) is 1.61. The molecule has 0 saturated carbocycles. The van der Waals surface area contributed by atoms with Crippen molar-refractivity contribution in [3.8, 4) is 17.2 Å². The van der Waals surface area contributed by atoms with Crippen molar-refractivity contribution < 1.29 is 26.8 Å². The van der Waals surface area contributed by atoms with E-state index in [9.17, 15) is 8.42 Å². The Labute approximate surface area is 147 Å². The molecule has 0 amide bonds. The third-order valence-electron chi connectivity index (χ3n) is 3.89. The van der Waals surface area contributed by atoms with Crippen LogP contribution in [0.25, 0.3) is 0 Å². The highest BCUT2D eigenvalue weighted by Crippen LogP contribution is 2.44. The fourth-order valence-corrected chi connectivity index (χ4v) is 3.62. The van der Waals surface area contributed by atoms with Crippen molar-refractivity contribution in [3.05, 3.63) is 47.5 Å². The van der Waals surface area contributed by atoms with Gasteiger partial charge in [0.15, 0.2) is 17.6 Å². The molecule has 0 N–H and O–H groups in total. The maximum atomic E-state index is 12.2. The molecule has 1 heterocycles. The molecule has 7 heteroatoms. The summed E-state index contributed by atoms with van der Waals surface area (Å²) in [5, 5.41) is 0. The minimum absolute atomic E-state index is 0.0755. The van der Waals surface area contributed by atoms with Crippen molar-refractivity contribution >= 4 is 10.1 Å². The Kier molecular flexibility index (Phi) is 4.87. The molecule has 25 heavy (non-hydrogen) atoms. The van der Waals surface area contributed by atoms with Crippen molar-refractivity contribution in [2.75, 3.05) is 20.3 Å². The lowest BCUT2D eigenvalue weighted by Crippen LogP contribution is -2.24. The number of aryl methyl sites for hydroxylation is 1. The number of hydrogen-bond donors (Lipinski definition) is 0. The summed E-state index contributed by atoms with van der Waals surface area (Å²) >= 11 is 0. The van der Waals surface area contributed by atoms with Crippen LogP contribution in [0.2, 0.25) is 0 Å². The summed E-state index contributed by atoms with van der Waals surface area (Å²) in [6.45, 7) is 4.44. The molecule has 1 aliphatic rings. The highest BCUT2D eigenvalue weighted by molar-refractivity contribution is 7.86. The van der Waals surface area contributed by atoms with Crippen molar-refractivity contribution in [3.63, 3.8) is 0 Å². The maximum Gasteiger partial charge on any atom is 0.297 e. The van der Waals surface area contributed by atoms with Gasteiger partial charge in [0.1, 0.15) is 11.5 Å². The fourth-order valence-electron chi connectivity index (χ4n) is 2.73. The molecule has 1 aliphatic heterocycles. The van der Waals surface area contributed by atoms with Crippen molar-refractivity contribution in [2.45, 2.75) is 24.8 Å². The minimum Gasteiger partial charge on any atom is -0.490 e. The van der Waals surface area contributed by atoms with Crippen LogP contribution in [0.4, 0.5) is 0 Å². The summed E-state index contributed by atoms with van der Waals surface area (Å²) in [6, 6.07) is 10.4. The Balaban J connectivity index is 2.04. The number of fused-ring (bicyclic) bond motifs is 1. The molecule has 1 atom stereocenters. The molecule has 3 rings (SSSR count). The number of ether oxygens (including phenoxy) is 3. The first-order valence-corrected chi connectivity index (χ1v) is 9.33. The van der Waals surface area contributed by atoms with Crippen molar-refractivity contribution in [1.82, 2.24) is 0 Å². The van der Waals surface area contributed by atoms with Crippen LogP contribution in [0, 0.1) is 6.92 Å². The molecule has 0 aromatic heterocycles. The van der Waals surface area contributed by atoms with Gasteiger partial charge in [-0.3, -0.25) is 4.18 Å². The second kappa shape index (κ2) is 6.93. The van der Waals surface area contributed by atoms with Gasteiger partial charge in [-0.2, -0.15) is 8.42 Å². The zero-order chi connectivity index (χ0) is 18.0. The normalized spacial score (nSPS) is 16.5. The molecular formula is C18H20O6S. The van der Waals surface area contributed by atoms with E-state index in [-0.39, 0.29) is 11.5 Å². The zero-order valence-electron chi connectivity index (χ0n) is 14.3. The third-order valence-corrected chi connectivity index (χ3v) is 5.24. The molecule has 0 saturated heterocycles. The summed E-state index contributed by atoms with van der Waals surface area (Å²) < 4.78 is 46.6. The van der Waals surface area contributed by atoms with Gasteiger partial charge in [-0.25, -0.2) is 0 Å². The second-order valence-electron chi connectivity index (χ2n) is 5.60. The lowest BCUT2D eigenvalue weighted by molar-refractivity contribution is 0.0841. The van der Waals surface area contributed by atoms with Crippen LogP contribution in [0.3, 0.4) is 0 Å². The Hall–Kier alpha value is -2.25. The topological polar surface area (TPSA) is 71.1 Å². The second-order valence-corrected chi connectivity index (χ2v) is 7.28. The van der Waals surface area contributed by atoms with Gasteiger partial charge in [-0.15, -0.1) is 0 Å². The molecule has 0 spiro atoms. The van der Waals surface area contributed by atoms with Crippen LogP contribution in [0.1, 0.15) is 24.2 Å². The van der Waals surface area contributed by atoms with Crippen LogP contribution >= 0.6 is 0 Å². The number of rotatable bonds is 5. The summed E-state index contributed by atoms with van der Waals surface area (Å²) in [6.07, 6.45) is -0.589. The van der Waals surface area contributed by atoms with Gasteiger partial charge in [0.05, 0.1) is 13.7 Å². The summed E-state index contributed by atoms with van der Waals surface area (Å²) in [4.78, 5) is 0.0755. The molecule has 0 aliphatic carbocycles. The quantitative estimate of drug-likeness (QED) is 0.759. The first-order chi connectivity index (χ1) is 12.0. The van der Waals surface area contributed by atoms with E-state index in [2.05, 4.69) is 4.18 Å². The lowest BCUT2D eigenvalue weighted by atomic mass is 10.1. The molecular weight excluding hydrogens is 344 g/mol. The first kappa shape index (κ1) is 17.6. The Morgan fingerprint density at radius 3 is 2.76 bits per heavy atom. The molecule has 6 nitrogen and oxygen atoms in total. The van der Waals surface area contributed by atoms with Crippen LogP contribution in [-0.4, -0.2) is 28.7 Å². The van der Waals surface area contributed by atoms with E-state index in [1.165, 1.54) is 6.07 Å². The van der Waals surface area contributed by atoms with E-state index >= 15 is 0 Å². The van der Waals surface area contributed by atoms with Gasteiger partial charge in [-0.05, 0) is 32.0 Å². The average Bonchev–Trinajstić information content (AvgIpc) is 2.61. The van der Waals surface area contributed by atoms with Gasteiger partial charge < -0.3 is 14.2 Å². The predicted octanol–water partition coefficient (Wildman–Crippen LogP) is 3.24. The van der Waals surface area contributed by atoms with Crippen LogP contribution in [0.15, 0.2) is 41.3 Å². The standard InChI is InChI=1S/C18H20O6S/c1-4-22-14-6-5-7-15-18(14)24-16(11-23-15)13-10-12(2)8-9-17(13)25(19,20)21-3/h5-10,16H,4,11H2,1-3H3/t16-/m0/s1. The van der Waals surface area contributed by atoms with Crippen LogP contribution in [0.5, 0.6) is 17.2 Å². The van der Waals surface area contributed by atoms with E-state index in [0.29, 0.717) is 29.4 Å². The third kappa shape index (κ3) is 3.43. The van der Waals surface area contributed by atoms with Gasteiger partial charge in [0.25, 0.3) is 10.1 Å². The van der Waals surface area contributed by atoms with Gasteiger partial charge in [0.2, 0.25) is 5.75 Å². The number of benzene rings is 2. The molecule has 134 valence electrons. The monoisotopic (exact) mass is 364 g/mol. The van der Waals surface area contributed by atoms with E-state index < -0.39 is 16.2 Å². The van der Waals surface area contributed by atoms with E-state index in [0.717, 1.165) is 12.7 Å². The van der Waals surface area contributed by atoms with Crippen LogP contribution < -0.4 is 14.2 Å². The molecule has 0 bridgehead atoms. The molecule has 2 aromatic carbocycles. The smallest absolute Gasteiger partial charge is 0.297 e. The van der Waals surface area contributed by atoms with Crippen molar-refractivity contribution in [2.24, 2.45) is 0 Å². The Morgan fingerprint density at radius 2 is 2.04 bits per heavy atom. The zero-order valence-corrected chi connectivity index (χ0v) is 15.1. The fraction of sp³-hybridized carbons (Fsp3) is 0.333. The number of para-hydroxylation sites is 1. The first-order valence-electron chi connectivity index (χ1n) is 7.92. The molecule has 0 fully saturated rings.